The Hall–Kier alpha value is -1.45. The van der Waals surface area contributed by atoms with Gasteiger partial charge in [0, 0.05) is 27.7 Å². The Balaban J connectivity index is 0.00000243. The second-order valence-corrected chi connectivity index (χ2v) is 7.62. The van der Waals surface area contributed by atoms with Crippen LogP contribution in [0.4, 0.5) is 0 Å². The first-order valence-corrected chi connectivity index (χ1v) is 10.00. The highest BCUT2D eigenvalue weighted by Gasteiger charge is 2.06. The molecule has 26 heavy (non-hydrogen) atoms. The van der Waals surface area contributed by atoms with Gasteiger partial charge >= 0.3 is 0 Å². The number of hydrogen-bond acceptors (Lipinski definition) is 4. The third kappa shape index (κ3) is 5.78. The summed E-state index contributed by atoms with van der Waals surface area (Å²) >= 11 is 3.51. The molecule has 1 aromatic carbocycles. The van der Waals surface area contributed by atoms with Crippen LogP contribution in [0, 0.1) is 0 Å². The first kappa shape index (κ1) is 20.9. The van der Waals surface area contributed by atoms with Crippen molar-refractivity contribution in [2.75, 3.05) is 7.05 Å². The normalized spacial score (nSPS) is 11.1. The van der Waals surface area contributed by atoms with E-state index >= 15 is 0 Å². The first-order valence-electron chi connectivity index (χ1n) is 8.30. The predicted molar refractivity (Wildman–Crippen MR) is 124 cm³/mol. The molecule has 0 radical (unpaired) electrons. The second-order valence-electron chi connectivity index (χ2n) is 5.51. The van der Waals surface area contributed by atoms with Gasteiger partial charge in [-0.1, -0.05) is 37.3 Å². The van der Waals surface area contributed by atoms with Gasteiger partial charge in [-0.3, -0.25) is 4.99 Å². The van der Waals surface area contributed by atoms with Gasteiger partial charge in [-0.2, -0.15) is 0 Å². The third-order valence-corrected chi connectivity index (χ3v) is 5.90. The molecule has 0 bridgehead atoms. The van der Waals surface area contributed by atoms with Crippen LogP contribution >= 0.6 is 46.7 Å². The fraction of sp³-hybridized carbons (Fsp3) is 0.263. The minimum absolute atomic E-state index is 0. The van der Waals surface area contributed by atoms with Crippen molar-refractivity contribution in [2.24, 2.45) is 4.99 Å². The molecule has 3 rings (SSSR count). The molecule has 0 unspecified atom stereocenters. The molecule has 7 heteroatoms. The molecule has 0 saturated carbocycles. The van der Waals surface area contributed by atoms with E-state index in [1.54, 1.807) is 18.4 Å². The maximum Gasteiger partial charge on any atom is 0.191 e. The number of aromatic nitrogens is 1. The zero-order chi connectivity index (χ0) is 17.5. The molecule has 2 heterocycles. The van der Waals surface area contributed by atoms with E-state index in [1.165, 1.54) is 9.75 Å². The Bertz CT molecular complexity index is 827. The van der Waals surface area contributed by atoms with Crippen molar-refractivity contribution < 1.29 is 0 Å². The molecular formula is C19H23IN4S2. The molecule has 0 aliphatic carbocycles. The molecule has 0 aliphatic heterocycles. The summed E-state index contributed by atoms with van der Waals surface area (Å²) in [5.41, 5.74) is 2.18. The Morgan fingerprint density at radius 1 is 1.04 bits per heavy atom. The number of thiazole rings is 1. The van der Waals surface area contributed by atoms with E-state index in [1.807, 2.05) is 29.5 Å². The summed E-state index contributed by atoms with van der Waals surface area (Å²) < 4.78 is 0. The number of benzene rings is 1. The smallest absolute Gasteiger partial charge is 0.191 e. The van der Waals surface area contributed by atoms with E-state index in [0.717, 1.165) is 35.2 Å². The van der Waals surface area contributed by atoms with Crippen molar-refractivity contribution in [3.63, 3.8) is 0 Å². The summed E-state index contributed by atoms with van der Waals surface area (Å²) in [6, 6.07) is 14.6. The van der Waals surface area contributed by atoms with E-state index in [-0.39, 0.29) is 24.0 Å². The van der Waals surface area contributed by atoms with Crippen LogP contribution in [0.1, 0.15) is 22.4 Å². The van der Waals surface area contributed by atoms with E-state index in [9.17, 15) is 0 Å². The number of aliphatic imine (C=N–C) groups is 1. The maximum absolute atomic E-state index is 4.69. The van der Waals surface area contributed by atoms with Crippen LogP contribution in [0.25, 0.3) is 10.6 Å². The lowest BCUT2D eigenvalue weighted by atomic mass is 10.2. The summed E-state index contributed by atoms with van der Waals surface area (Å²) in [5, 5.41) is 9.83. The molecule has 0 amide bonds. The molecular weight excluding hydrogens is 475 g/mol. The molecule has 0 aliphatic rings. The van der Waals surface area contributed by atoms with Crippen LogP contribution in [0.2, 0.25) is 0 Å². The highest BCUT2D eigenvalue weighted by atomic mass is 127. The van der Waals surface area contributed by atoms with E-state index < -0.39 is 0 Å². The van der Waals surface area contributed by atoms with Crippen molar-refractivity contribution in [1.29, 1.82) is 0 Å². The summed E-state index contributed by atoms with van der Waals surface area (Å²) in [7, 11) is 1.79. The molecule has 4 nitrogen and oxygen atoms in total. The molecule has 0 spiro atoms. The minimum Gasteiger partial charge on any atom is -0.352 e. The Morgan fingerprint density at radius 2 is 1.77 bits per heavy atom. The van der Waals surface area contributed by atoms with Gasteiger partial charge in [0.15, 0.2) is 5.96 Å². The van der Waals surface area contributed by atoms with Crippen molar-refractivity contribution >= 4 is 52.6 Å². The third-order valence-electron chi connectivity index (χ3n) is 3.73. The lowest BCUT2D eigenvalue weighted by molar-refractivity contribution is 0.804. The fourth-order valence-corrected chi connectivity index (χ4v) is 4.10. The largest absolute Gasteiger partial charge is 0.352 e. The van der Waals surface area contributed by atoms with Crippen LogP contribution in [0.5, 0.6) is 0 Å². The van der Waals surface area contributed by atoms with Crippen molar-refractivity contribution in [2.45, 2.75) is 26.4 Å². The highest BCUT2D eigenvalue weighted by Crippen LogP contribution is 2.23. The predicted octanol–water partition coefficient (Wildman–Crippen LogP) is 4.92. The molecule has 2 aromatic heterocycles. The molecule has 138 valence electrons. The minimum atomic E-state index is 0. The molecule has 0 saturated heterocycles. The van der Waals surface area contributed by atoms with Gasteiger partial charge in [0.2, 0.25) is 0 Å². The number of guanidine groups is 1. The van der Waals surface area contributed by atoms with Crippen LogP contribution in [0.3, 0.4) is 0 Å². The summed E-state index contributed by atoms with van der Waals surface area (Å²) in [6.45, 7) is 3.63. The van der Waals surface area contributed by atoms with E-state index in [0.29, 0.717) is 6.54 Å². The number of rotatable bonds is 6. The lowest BCUT2D eigenvalue weighted by Crippen LogP contribution is -2.36. The number of nitrogens with one attached hydrogen (secondary N) is 2. The van der Waals surface area contributed by atoms with Gasteiger partial charge in [0.25, 0.3) is 0 Å². The molecule has 0 atom stereocenters. The number of hydrogen-bond donors (Lipinski definition) is 2. The van der Waals surface area contributed by atoms with Crippen LogP contribution in [-0.4, -0.2) is 18.0 Å². The quantitative estimate of drug-likeness (QED) is 0.288. The summed E-state index contributed by atoms with van der Waals surface area (Å²) in [6.07, 6.45) is 1.09. The van der Waals surface area contributed by atoms with Crippen LogP contribution in [0.15, 0.2) is 52.8 Å². The number of halogens is 1. The van der Waals surface area contributed by atoms with Crippen molar-refractivity contribution in [3.8, 4) is 10.6 Å². The zero-order valence-electron chi connectivity index (χ0n) is 14.9. The Labute approximate surface area is 179 Å². The first-order chi connectivity index (χ1) is 12.3. The fourth-order valence-electron chi connectivity index (χ4n) is 2.37. The van der Waals surface area contributed by atoms with Gasteiger partial charge in [-0.05, 0) is 18.6 Å². The van der Waals surface area contributed by atoms with E-state index in [4.69, 9.17) is 4.98 Å². The van der Waals surface area contributed by atoms with Gasteiger partial charge in [-0.25, -0.2) is 4.98 Å². The highest BCUT2D eigenvalue weighted by molar-refractivity contribution is 14.0. The van der Waals surface area contributed by atoms with Gasteiger partial charge in [-0.15, -0.1) is 46.7 Å². The SMILES string of the molecule is CCc1ccc(CNC(=NC)NCc2csc(-c3ccccc3)n2)s1.I. The average Bonchev–Trinajstić information content (AvgIpc) is 3.32. The monoisotopic (exact) mass is 498 g/mol. The van der Waals surface area contributed by atoms with E-state index in [2.05, 4.69) is 52.2 Å². The number of aryl methyl sites for hydroxylation is 1. The van der Waals surface area contributed by atoms with Crippen molar-refractivity contribution in [3.05, 3.63) is 63.3 Å². The molecule has 0 fully saturated rings. The number of thiophene rings is 1. The molecule has 3 aromatic rings. The van der Waals surface area contributed by atoms with Gasteiger partial charge in [0.1, 0.15) is 5.01 Å². The van der Waals surface area contributed by atoms with Gasteiger partial charge in [0.05, 0.1) is 18.8 Å². The Kier molecular flexibility index (Phi) is 8.53. The lowest BCUT2D eigenvalue weighted by Gasteiger charge is -2.10. The van der Waals surface area contributed by atoms with Crippen LogP contribution < -0.4 is 10.6 Å². The summed E-state index contributed by atoms with van der Waals surface area (Å²) in [5.74, 6) is 0.792. The van der Waals surface area contributed by atoms with Gasteiger partial charge < -0.3 is 10.6 Å². The topological polar surface area (TPSA) is 49.3 Å². The zero-order valence-corrected chi connectivity index (χ0v) is 18.8. The van der Waals surface area contributed by atoms with Crippen LogP contribution in [-0.2, 0) is 19.5 Å². The molecule has 2 N–H and O–H groups in total. The standard InChI is InChI=1S/C19H22N4S2.HI/c1-3-16-9-10-17(25-16)12-22-19(20-2)21-11-15-13-24-18(23-15)14-7-5-4-6-8-14;/h4-10,13H,3,11-12H2,1-2H3,(H2,20,21,22);1H. The maximum atomic E-state index is 4.69. The summed E-state index contributed by atoms with van der Waals surface area (Å²) in [4.78, 5) is 11.7. The number of nitrogens with zero attached hydrogens (tertiary/aromatic N) is 2. The average molecular weight is 498 g/mol. The van der Waals surface area contributed by atoms with Crippen molar-refractivity contribution in [1.82, 2.24) is 15.6 Å². The second kappa shape index (κ2) is 10.6. The Morgan fingerprint density at radius 3 is 2.46 bits per heavy atom.